The molecule has 0 heterocycles. The second kappa shape index (κ2) is 20.1. The number of hydrogen-bond donors (Lipinski definition) is 0. The van der Waals surface area contributed by atoms with Gasteiger partial charge in [-0.1, -0.05) is 90.9 Å². The summed E-state index contributed by atoms with van der Waals surface area (Å²) >= 11 is 0. The highest BCUT2D eigenvalue weighted by atomic mass is 19.2. The number of ether oxygens (including phenoxy) is 2. The number of benzene rings is 2. The van der Waals surface area contributed by atoms with Gasteiger partial charge in [0.15, 0.2) is 23.1 Å². The van der Waals surface area contributed by atoms with Crippen LogP contribution >= 0.6 is 0 Å². The molecule has 4 nitrogen and oxygen atoms in total. The van der Waals surface area contributed by atoms with Crippen LogP contribution in [0, 0.1) is 69.6 Å². The number of nitrogens with zero attached hydrogens (tertiary/aromatic N) is 2. The van der Waals surface area contributed by atoms with Crippen molar-refractivity contribution in [1.29, 1.82) is 10.5 Å². The molecule has 0 amide bonds. The second-order valence-corrected chi connectivity index (χ2v) is 13.1. The molecule has 2 aliphatic rings. The van der Waals surface area contributed by atoms with Crippen molar-refractivity contribution in [3.8, 4) is 23.6 Å². The molecule has 2 aliphatic carbocycles. The van der Waals surface area contributed by atoms with Crippen molar-refractivity contribution < 1.29 is 27.0 Å². The molecule has 8 heteroatoms. The monoisotopic (exact) mass is 642 g/mol. The maximum absolute atomic E-state index is 13.8. The summed E-state index contributed by atoms with van der Waals surface area (Å²) in [6, 6.07) is 8.45. The fourth-order valence-corrected chi connectivity index (χ4v) is 6.60. The van der Waals surface area contributed by atoms with Crippen molar-refractivity contribution in [2.75, 3.05) is 13.2 Å². The summed E-state index contributed by atoms with van der Waals surface area (Å²) in [5, 5.41) is 17.3. The highest BCUT2D eigenvalue weighted by Gasteiger charge is 2.24. The van der Waals surface area contributed by atoms with Gasteiger partial charge in [-0.05, 0) is 73.6 Å². The Labute approximate surface area is 273 Å². The third kappa shape index (κ3) is 11.5. The zero-order chi connectivity index (χ0) is 33.3. The van der Waals surface area contributed by atoms with Crippen molar-refractivity contribution in [3.63, 3.8) is 0 Å². The van der Waals surface area contributed by atoms with Crippen LogP contribution in [0.1, 0.15) is 128 Å². The van der Waals surface area contributed by atoms with Gasteiger partial charge in [0.05, 0.1) is 24.3 Å². The van der Waals surface area contributed by atoms with E-state index in [4.69, 9.17) is 20.0 Å². The Morgan fingerprint density at radius 3 is 1.33 bits per heavy atom. The van der Waals surface area contributed by atoms with Gasteiger partial charge in [-0.3, -0.25) is 0 Å². The minimum Gasteiger partial charge on any atom is -0.490 e. The van der Waals surface area contributed by atoms with Gasteiger partial charge in [-0.2, -0.15) is 19.3 Å². The first kappa shape index (κ1) is 37.2. The third-order valence-electron chi connectivity index (χ3n) is 9.65. The summed E-state index contributed by atoms with van der Waals surface area (Å²) in [6.45, 7) is 5.28. The molecule has 0 N–H and O–H groups in total. The first-order valence-electron chi connectivity index (χ1n) is 17.3. The summed E-state index contributed by atoms with van der Waals surface area (Å²) < 4.78 is 65.6. The SMILES string of the molecule is CCCCC1CCC(COc2ccc(C#N)c(F)c2F)CC1.CCCCCCC1CCC(COc2ccc(C#N)c(F)c2F)CC1. The first-order chi connectivity index (χ1) is 22.3. The number of hydrogen-bond acceptors (Lipinski definition) is 4. The molecule has 0 bridgehead atoms. The van der Waals surface area contributed by atoms with Crippen molar-refractivity contribution in [2.45, 2.75) is 117 Å². The lowest BCUT2D eigenvalue weighted by atomic mass is 9.80. The molecular formula is C38H50F4N2O2. The van der Waals surface area contributed by atoms with E-state index in [9.17, 15) is 17.6 Å². The van der Waals surface area contributed by atoms with E-state index in [1.165, 1.54) is 101 Å². The average molecular weight is 643 g/mol. The van der Waals surface area contributed by atoms with Crippen LogP contribution in [0.3, 0.4) is 0 Å². The average Bonchev–Trinajstić information content (AvgIpc) is 3.08. The van der Waals surface area contributed by atoms with Gasteiger partial charge in [0.2, 0.25) is 11.6 Å². The molecule has 0 saturated heterocycles. The molecule has 0 aromatic heterocycles. The van der Waals surface area contributed by atoms with Gasteiger partial charge < -0.3 is 9.47 Å². The quantitative estimate of drug-likeness (QED) is 0.152. The standard InChI is InChI=1S/C20H27F2NO.C18H23F2NO/c1-2-3-4-5-6-15-7-9-16(10-8-15)14-24-18-12-11-17(13-23)19(21)20(18)22;1-2-3-4-13-5-7-14(8-6-13)12-22-16-10-9-15(11-21)17(19)18(16)20/h11-12,15-16H,2-10,14H2,1H3;9-10,13-14H,2-8,12H2,1H3. The first-order valence-corrected chi connectivity index (χ1v) is 17.3. The van der Waals surface area contributed by atoms with Crippen molar-refractivity contribution in [2.24, 2.45) is 23.7 Å². The van der Waals surface area contributed by atoms with Crippen LogP contribution in [0.2, 0.25) is 0 Å². The third-order valence-corrected chi connectivity index (χ3v) is 9.65. The Kier molecular flexibility index (Phi) is 16.2. The van der Waals surface area contributed by atoms with E-state index >= 15 is 0 Å². The summed E-state index contributed by atoms with van der Waals surface area (Å²) in [6.07, 6.45) is 19.6. The predicted molar refractivity (Wildman–Crippen MR) is 172 cm³/mol. The number of halogens is 4. The van der Waals surface area contributed by atoms with E-state index in [2.05, 4.69) is 13.8 Å². The summed E-state index contributed by atoms with van der Waals surface area (Å²) in [5.74, 6) is -2.07. The summed E-state index contributed by atoms with van der Waals surface area (Å²) in [5.41, 5.74) is -0.579. The second-order valence-electron chi connectivity index (χ2n) is 13.1. The Morgan fingerprint density at radius 2 is 0.935 bits per heavy atom. The van der Waals surface area contributed by atoms with Gasteiger partial charge in [0, 0.05) is 0 Å². The molecule has 2 aromatic carbocycles. The molecule has 0 aliphatic heterocycles. The number of rotatable bonds is 14. The zero-order valence-electron chi connectivity index (χ0n) is 27.6. The Morgan fingerprint density at radius 1 is 0.543 bits per heavy atom. The predicted octanol–water partition coefficient (Wildman–Crippen LogP) is 11.2. The molecule has 0 unspecified atom stereocenters. The summed E-state index contributed by atoms with van der Waals surface area (Å²) in [7, 11) is 0. The van der Waals surface area contributed by atoms with Gasteiger partial charge in [-0.25, -0.2) is 8.78 Å². The van der Waals surface area contributed by atoms with Gasteiger partial charge in [0.1, 0.15) is 12.1 Å². The van der Waals surface area contributed by atoms with E-state index in [1.54, 1.807) is 12.1 Å². The lowest BCUT2D eigenvalue weighted by Crippen LogP contribution is -2.20. The molecule has 0 atom stereocenters. The van der Waals surface area contributed by atoms with Crippen LogP contribution in [0.15, 0.2) is 24.3 Å². The van der Waals surface area contributed by atoms with Crippen LogP contribution in [-0.2, 0) is 0 Å². The fraction of sp³-hybridized carbons (Fsp3) is 0.632. The minimum absolute atomic E-state index is 0.0896. The molecular weight excluding hydrogens is 592 g/mol. The van der Waals surface area contributed by atoms with Gasteiger partial charge >= 0.3 is 0 Å². The lowest BCUT2D eigenvalue weighted by Gasteiger charge is -2.28. The van der Waals surface area contributed by atoms with Crippen LogP contribution in [0.5, 0.6) is 11.5 Å². The van der Waals surface area contributed by atoms with Crippen molar-refractivity contribution in [3.05, 3.63) is 58.7 Å². The van der Waals surface area contributed by atoms with Crippen LogP contribution in [0.25, 0.3) is 0 Å². The molecule has 0 spiro atoms. The van der Waals surface area contributed by atoms with E-state index < -0.39 is 23.3 Å². The largest absolute Gasteiger partial charge is 0.490 e. The molecule has 0 radical (unpaired) electrons. The molecule has 46 heavy (non-hydrogen) atoms. The fourth-order valence-electron chi connectivity index (χ4n) is 6.60. The van der Waals surface area contributed by atoms with Crippen LogP contribution < -0.4 is 9.47 Å². The Balaban J connectivity index is 0.000000251. The topological polar surface area (TPSA) is 66.0 Å². The maximum atomic E-state index is 13.8. The zero-order valence-corrected chi connectivity index (χ0v) is 27.6. The van der Waals surface area contributed by atoms with E-state index in [0.717, 1.165) is 37.5 Å². The summed E-state index contributed by atoms with van der Waals surface area (Å²) in [4.78, 5) is 0. The molecule has 2 saturated carbocycles. The van der Waals surface area contributed by atoms with Crippen LogP contribution in [0.4, 0.5) is 17.6 Å². The van der Waals surface area contributed by atoms with Crippen molar-refractivity contribution in [1.82, 2.24) is 0 Å². The highest BCUT2D eigenvalue weighted by molar-refractivity contribution is 5.38. The molecule has 252 valence electrons. The van der Waals surface area contributed by atoms with Crippen molar-refractivity contribution >= 4 is 0 Å². The highest BCUT2D eigenvalue weighted by Crippen LogP contribution is 2.34. The van der Waals surface area contributed by atoms with Gasteiger partial charge in [0.25, 0.3) is 0 Å². The number of nitriles is 2. The molecule has 2 fully saturated rings. The lowest BCUT2D eigenvalue weighted by molar-refractivity contribution is 0.172. The normalized spacial score (nSPS) is 21.0. The van der Waals surface area contributed by atoms with E-state index in [1.807, 2.05) is 0 Å². The van der Waals surface area contributed by atoms with E-state index in [-0.39, 0.29) is 22.6 Å². The van der Waals surface area contributed by atoms with E-state index in [0.29, 0.717) is 25.0 Å². The minimum atomic E-state index is -1.12. The Bertz CT molecular complexity index is 1290. The number of unbranched alkanes of at least 4 members (excludes halogenated alkanes) is 4. The molecule has 4 rings (SSSR count). The smallest absolute Gasteiger partial charge is 0.201 e. The molecule has 2 aromatic rings. The van der Waals surface area contributed by atoms with Crippen LogP contribution in [-0.4, -0.2) is 13.2 Å². The Hall–Kier alpha value is -3.26. The van der Waals surface area contributed by atoms with Gasteiger partial charge in [-0.15, -0.1) is 0 Å². The maximum Gasteiger partial charge on any atom is 0.201 e.